The van der Waals surface area contributed by atoms with E-state index in [0.717, 1.165) is 16.2 Å². The van der Waals surface area contributed by atoms with Crippen LogP contribution in [0.5, 0.6) is 11.5 Å². The van der Waals surface area contributed by atoms with Gasteiger partial charge in [0.05, 0.1) is 20.4 Å². The highest BCUT2D eigenvalue weighted by atomic mass is 32.4. The molecule has 0 heterocycles. The fourth-order valence-electron chi connectivity index (χ4n) is 2.99. The number of hydrogen-bond acceptors (Lipinski definition) is 7. The van der Waals surface area contributed by atoms with Crippen molar-refractivity contribution in [3.05, 3.63) is 72.3 Å². The summed E-state index contributed by atoms with van der Waals surface area (Å²) in [5.74, 6) is -0.511. The van der Waals surface area contributed by atoms with E-state index < -0.39 is 34.3 Å². The van der Waals surface area contributed by atoms with Crippen molar-refractivity contribution in [2.45, 2.75) is 5.78 Å². The molecular weight excluding hydrogens is 535 g/mol. The van der Waals surface area contributed by atoms with E-state index in [0.29, 0.717) is 5.75 Å². The third-order valence-corrected chi connectivity index (χ3v) is 8.35. The molecule has 2 atom stereocenters. The molecule has 0 bridgehead atoms. The number of rotatable bonds is 13. The van der Waals surface area contributed by atoms with Crippen molar-refractivity contribution in [3.8, 4) is 11.5 Å². The second-order valence-corrected chi connectivity index (χ2v) is 12.7. The van der Waals surface area contributed by atoms with Gasteiger partial charge in [-0.1, -0.05) is 23.0 Å². The largest absolute Gasteiger partial charge is 0.540 e. The van der Waals surface area contributed by atoms with Crippen LogP contribution in [-0.2, 0) is 20.9 Å². The van der Waals surface area contributed by atoms with Crippen LogP contribution in [0.2, 0.25) is 0 Å². The molecule has 0 saturated heterocycles. The van der Waals surface area contributed by atoms with Crippen LogP contribution in [0, 0.1) is 0 Å². The number of hydrazone groups is 1. The molecule has 11 nitrogen and oxygen atoms in total. The number of nitrogens with zero attached hydrogens (tertiary/aromatic N) is 3. The van der Waals surface area contributed by atoms with Gasteiger partial charge in [-0.2, -0.15) is 0 Å². The van der Waals surface area contributed by atoms with Crippen molar-refractivity contribution in [2.75, 3.05) is 27.0 Å². The summed E-state index contributed by atoms with van der Waals surface area (Å²) in [6, 6.07) is 13.0. The summed E-state index contributed by atoms with van der Waals surface area (Å²) in [7, 11) is -7.78. The molecule has 2 aromatic rings. The van der Waals surface area contributed by atoms with Crippen molar-refractivity contribution in [1.29, 1.82) is 0 Å². The average molecular weight is 562 g/mol. The third kappa shape index (κ3) is 9.54. The van der Waals surface area contributed by atoms with Crippen LogP contribution in [0.3, 0.4) is 0 Å². The summed E-state index contributed by atoms with van der Waals surface area (Å²) in [5, 5.41) is 4.28. The summed E-state index contributed by atoms with van der Waals surface area (Å²) in [5.41, 5.74) is 0.990. The highest BCUT2D eigenvalue weighted by Crippen LogP contribution is 2.55. The van der Waals surface area contributed by atoms with Gasteiger partial charge in [-0.25, -0.2) is 0 Å². The topological polar surface area (TPSA) is 152 Å². The predicted molar refractivity (Wildman–Crippen MR) is 138 cm³/mol. The van der Waals surface area contributed by atoms with Gasteiger partial charge in [-0.05, 0) is 47.5 Å². The summed E-state index contributed by atoms with van der Waals surface area (Å²) in [6.07, 6.45) is 2.08. The van der Waals surface area contributed by atoms with E-state index in [1.165, 1.54) is 35.1 Å². The second-order valence-electron chi connectivity index (χ2n) is 7.23. The predicted octanol–water partition coefficient (Wildman–Crippen LogP) is 3.61. The zero-order chi connectivity index (χ0) is 26.2. The molecule has 0 saturated carbocycles. The summed E-state index contributed by atoms with van der Waals surface area (Å²) < 4.78 is 36.0. The minimum absolute atomic E-state index is 0.145. The van der Waals surface area contributed by atoms with Gasteiger partial charge in [0, 0.05) is 6.54 Å². The Morgan fingerprint density at radius 1 is 1.09 bits per heavy atom. The molecule has 0 amide bonds. The van der Waals surface area contributed by atoms with Gasteiger partial charge >= 0.3 is 22.3 Å². The van der Waals surface area contributed by atoms with Crippen LogP contribution in [0.1, 0.15) is 16.9 Å². The molecule has 0 aromatic heterocycles. The Balaban J connectivity index is 2.14. The van der Waals surface area contributed by atoms with E-state index in [4.69, 9.17) is 21.1 Å². The van der Waals surface area contributed by atoms with Crippen LogP contribution in [0.4, 0.5) is 0 Å². The van der Waals surface area contributed by atoms with Crippen LogP contribution in [0.25, 0.3) is 0 Å². The van der Waals surface area contributed by atoms with Crippen molar-refractivity contribution in [2.24, 2.45) is 5.10 Å². The molecule has 0 aliphatic heterocycles. The van der Waals surface area contributed by atoms with E-state index in [9.17, 15) is 28.7 Å². The number of hydrogen-bond donors (Lipinski definition) is 4. The minimum atomic E-state index is -4.83. The van der Waals surface area contributed by atoms with E-state index in [-0.39, 0.29) is 12.1 Å². The maximum absolute atomic E-state index is 12.2. The fraction of sp³-hybridized carbons (Fsp3) is 0.250. The van der Waals surface area contributed by atoms with Gasteiger partial charge in [0.2, 0.25) is 11.8 Å². The molecule has 0 aliphatic carbocycles. The summed E-state index contributed by atoms with van der Waals surface area (Å²) in [4.78, 5) is 39.5. The molecule has 2 unspecified atom stereocenters. The van der Waals surface area contributed by atoms with Crippen molar-refractivity contribution in [1.82, 2.24) is 9.68 Å². The van der Waals surface area contributed by atoms with E-state index >= 15 is 0 Å². The Labute approximate surface area is 209 Å². The zero-order valence-corrected chi connectivity index (χ0v) is 22.5. The van der Waals surface area contributed by atoms with Crippen molar-refractivity contribution < 1.29 is 38.0 Å². The number of ether oxygens (including phenoxy) is 1. The van der Waals surface area contributed by atoms with Gasteiger partial charge in [0.15, 0.2) is 5.75 Å². The average Bonchev–Trinajstić information content (AvgIpc) is 2.77. The Bertz CT molecular complexity index is 1140. The highest BCUT2D eigenvalue weighted by molar-refractivity contribution is 8.02. The monoisotopic (exact) mass is 562 g/mol. The summed E-state index contributed by atoms with van der Waals surface area (Å²) in [6.45, 7) is 3.35. The zero-order valence-electron chi connectivity index (χ0n) is 19.0. The van der Waals surface area contributed by atoms with E-state index in [1.54, 1.807) is 32.5 Å². The molecule has 2 aromatic carbocycles. The maximum Gasteiger partial charge on any atom is 0.540 e. The number of methoxy groups -OCH3 is 1. The van der Waals surface area contributed by atoms with Crippen molar-refractivity contribution in [3.63, 3.8) is 0 Å². The summed E-state index contributed by atoms with van der Waals surface area (Å²) >= 11 is 5.38. The standard InChI is InChI=1S/C20H26N3O8P3S/c1-4-13-23(15-33(24,25)26)20(34(27,28)29)17-7-11-19(12-8-17)31-32(35)22(2)21-14-16-5-9-18(30-3)10-6-16/h4-12,14,20H,1,13,15H2,2-3H3,(H3-,24,25,26,27,28,29)/p+1/b21-14+. The molecular formula is C20H27N3O8P3S+. The van der Waals surface area contributed by atoms with Gasteiger partial charge in [-0.15, -0.1) is 11.7 Å². The Morgan fingerprint density at radius 3 is 2.14 bits per heavy atom. The van der Waals surface area contributed by atoms with Gasteiger partial charge in [-0.3, -0.25) is 18.6 Å². The molecule has 0 fully saturated rings. The smallest absolute Gasteiger partial charge is 0.497 e. The van der Waals surface area contributed by atoms with Crippen LogP contribution >= 0.6 is 22.3 Å². The van der Waals surface area contributed by atoms with Crippen LogP contribution < -0.4 is 9.26 Å². The number of benzene rings is 2. The minimum Gasteiger partial charge on any atom is -0.497 e. The second kappa shape index (κ2) is 12.8. The molecule has 190 valence electrons. The first kappa shape index (κ1) is 29.3. The first-order chi connectivity index (χ1) is 16.3. The highest BCUT2D eigenvalue weighted by Gasteiger charge is 2.38. The lowest BCUT2D eigenvalue weighted by Gasteiger charge is -2.31. The first-order valence-corrected chi connectivity index (χ1v) is 15.7. The third-order valence-electron chi connectivity index (χ3n) is 4.48. The Kier molecular flexibility index (Phi) is 10.7. The molecule has 15 heteroatoms. The molecule has 35 heavy (non-hydrogen) atoms. The molecule has 0 radical (unpaired) electrons. The fourth-order valence-corrected chi connectivity index (χ4v) is 5.97. The van der Waals surface area contributed by atoms with Gasteiger partial charge in [0.25, 0.3) is 0 Å². The SMILES string of the molecule is C=CCN(CP(=O)(O)O)C(c1ccc(O[P+](=S)N(C)/N=C/c2ccc(OC)cc2)cc1)P(=O)(O)O. The van der Waals surface area contributed by atoms with Gasteiger partial charge in [0.1, 0.15) is 17.8 Å². The Morgan fingerprint density at radius 2 is 1.66 bits per heavy atom. The van der Waals surface area contributed by atoms with Crippen LogP contribution in [0.15, 0.2) is 66.3 Å². The molecule has 4 N–H and O–H groups in total. The van der Waals surface area contributed by atoms with E-state index in [1.807, 2.05) is 12.1 Å². The normalized spacial score (nSPS) is 13.5. The Hall–Kier alpha value is -1.97. The molecule has 2 rings (SSSR count). The van der Waals surface area contributed by atoms with Gasteiger partial charge < -0.3 is 24.3 Å². The van der Waals surface area contributed by atoms with Crippen molar-refractivity contribution >= 4 is 40.3 Å². The lowest BCUT2D eigenvalue weighted by atomic mass is 10.2. The maximum atomic E-state index is 12.2. The first-order valence-electron chi connectivity index (χ1n) is 9.95. The lowest BCUT2D eigenvalue weighted by molar-refractivity contribution is 0.241. The lowest BCUT2D eigenvalue weighted by Crippen LogP contribution is -2.30. The molecule has 0 aliphatic rings. The quantitative estimate of drug-likeness (QED) is 0.123. The molecule has 0 spiro atoms. The van der Waals surface area contributed by atoms with Crippen LogP contribution in [-0.4, -0.2) is 62.5 Å². The van der Waals surface area contributed by atoms with E-state index in [2.05, 4.69) is 11.7 Å².